The molecule has 18 heavy (non-hydrogen) atoms. The van der Waals surface area contributed by atoms with E-state index in [0.29, 0.717) is 19.7 Å². The first-order chi connectivity index (χ1) is 8.40. The molecule has 0 spiro atoms. The van der Waals surface area contributed by atoms with Gasteiger partial charge in [0.15, 0.2) is 0 Å². The van der Waals surface area contributed by atoms with Gasteiger partial charge in [-0.3, -0.25) is 0 Å². The van der Waals surface area contributed by atoms with Crippen LogP contribution in [0, 0.1) is 0 Å². The van der Waals surface area contributed by atoms with Crippen molar-refractivity contribution in [3.8, 4) is 0 Å². The maximum Gasteiger partial charge on any atom is 0.418 e. The minimum atomic E-state index is -4.41. The first-order valence-corrected chi connectivity index (χ1v) is 5.60. The smallest absolute Gasteiger partial charge is 0.399 e. The lowest BCUT2D eigenvalue weighted by molar-refractivity contribution is -0.137. The Morgan fingerprint density at radius 3 is 2.50 bits per heavy atom. The Bertz CT molecular complexity index is 393. The summed E-state index contributed by atoms with van der Waals surface area (Å²) in [6, 6.07) is 3.84. The zero-order chi connectivity index (χ0) is 13.8. The van der Waals surface area contributed by atoms with Crippen molar-refractivity contribution in [1.82, 2.24) is 0 Å². The van der Waals surface area contributed by atoms with Crippen LogP contribution in [-0.4, -0.2) is 26.8 Å². The quantitative estimate of drug-likeness (QED) is 0.829. The van der Waals surface area contributed by atoms with Crippen molar-refractivity contribution < 1.29 is 17.9 Å². The molecule has 102 valence electrons. The number of rotatable bonds is 5. The van der Waals surface area contributed by atoms with E-state index >= 15 is 0 Å². The van der Waals surface area contributed by atoms with Gasteiger partial charge < -0.3 is 15.4 Å². The van der Waals surface area contributed by atoms with Gasteiger partial charge in [-0.2, -0.15) is 13.2 Å². The van der Waals surface area contributed by atoms with Crippen molar-refractivity contribution >= 4 is 11.4 Å². The summed E-state index contributed by atoms with van der Waals surface area (Å²) >= 11 is 0. The highest BCUT2D eigenvalue weighted by atomic mass is 19.4. The summed E-state index contributed by atoms with van der Waals surface area (Å²) in [5.74, 6) is 0. The second-order valence-electron chi connectivity index (χ2n) is 3.85. The van der Waals surface area contributed by atoms with Crippen molar-refractivity contribution in [2.45, 2.75) is 13.1 Å². The van der Waals surface area contributed by atoms with Gasteiger partial charge in [0.1, 0.15) is 0 Å². The predicted molar refractivity (Wildman–Crippen MR) is 65.6 cm³/mol. The number of nitrogens with zero attached hydrogens (tertiary/aromatic N) is 1. The Morgan fingerprint density at radius 1 is 1.33 bits per heavy atom. The van der Waals surface area contributed by atoms with Gasteiger partial charge >= 0.3 is 6.18 Å². The number of hydrogen-bond acceptors (Lipinski definition) is 3. The summed E-state index contributed by atoms with van der Waals surface area (Å²) in [5.41, 5.74) is 4.96. The maximum absolute atomic E-state index is 12.9. The lowest BCUT2D eigenvalue weighted by Gasteiger charge is -2.26. The largest absolute Gasteiger partial charge is 0.418 e. The molecule has 0 amide bonds. The van der Waals surface area contributed by atoms with E-state index in [1.54, 1.807) is 11.8 Å². The SMILES string of the molecule is CCN(CCOC)c1ccc(N)cc1C(F)(F)F. The number of nitrogen functional groups attached to an aromatic ring is 1. The van der Waals surface area contributed by atoms with Gasteiger partial charge in [-0.05, 0) is 25.1 Å². The molecule has 3 nitrogen and oxygen atoms in total. The van der Waals surface area contributed by atoms with Crippen molar-refractivity contribution in [2.75, 3.05) is 37.4 Å². The summed E-state index contributed by atoms with van der Waals surface area (Å²) in [6.45, 7) is 3.04. The molecule has 0 radical (unpaired) electrons. The van der Waals surface area contributed by atoms with Crippen LogP contribution >= 0.6 is 0 Å². The maximum atomic E-state index is 12.9. The number of benzene rings is 1. The van der Waals surface area contributed by atoms with Crippen LogP contribution in [0.25, 0.3) is 0 Å². The van der Waals surface area contributed by atoms with E-state index in [4.69, 9.17) is 10.5 Å². The summed E-state index contributed by atoms with van der Waals surface area (Å²) in [7, 11) is 1.52. The fourth-order valence-corrected chi connectivity index (χ4v) is 1.71. The van der Waals surface area contributed by atoms with Gasteiger partial charge in [-0.15, -0.1) is 0 Å². The Balaban J connectivity index is 3.13. The molecule has 1 rings (SSSR count). The Labute approximate surface area is 104 Å². The summed E-state index contributed by atoms with van der Waals surface area (Å²) in [6.07, 6.45) is -4.41. The second-order valence-corrected chi connectivity index (χ2v) is 3.85. The van der Waals surface area contributed by atoms with Crippen LogP contribution in [0.4, 0.5) is 24.5 Å². The van der Waals surface area contributed by atoms with Crippen LogP contribution in [0.1, 0.15) is 12.5 Å². The van der Waals surface area contributed by atoms with Crippen LogP contribution in [0.2, 0.25) is 0 Å². The molecule has 0 atom stereocenters. The van der Waals surface area contributed by atoms with Crippen LogP contribution in [0.15, 0.2) is 18.2 Å². The Hall–Kier alpha value is -1.43. The molecule has 0 fully saturated rings. The van der Waals surface area contributed by atoms with Gasteiger partial charge in [0, 0.05) is 31.6 Å². The highest BCUT2D eigenvalue weighted by molar-refractivity contribution is 5.60. The normalized spacial score (nSPS) is 11.6. The fourth-order valence-electron chi connectivity index (χ4n) is 1.71. The third-order valence-electron chi connectivity index (χ3n) is 2.61. The molecule has 0 unspecified atom stereocenters. The third kappa shape index (κ3) is 3.53. The van der Waals surface area contributed by atoms with Crippen LogP contribution in [0.5, 0.6) is 0 Å². The molecule has 0 saturated heterocycles. The standard InChI is InChI=1S/C12H17F3N2O/c1-3-17(6-7-18-2)11-5-4-9(16)8-10(11)12(13,14)15/h4-5,8H,3,6-7,16H2,1-2H3. The molecule has 0 aromatic heterocycles. The van der Waals surface area contributed by atoms with Crippen LogP contribution in [0.3, 0.4) is 0 Å². The predicted octanol–water partition coefficient (Wildman–Crippen LogP) is 2.76. The van der Waals surface area contributed by atoms with Crippen LogP contribution < -0.4 is 10.6 Å². The average Bonchev–Trinajstić information content (AvgIpc) is 2.30. The molecule has 0 aliphatic rings. The summed E-state index contributed by atoms with van der Waals surface area (Å²) < 4.78 is 43.7. The molecule has 0 aliphatic carbocycles. The number of anilines is 2. The topological polar surface area (TPSA) is 38.5 Å². The van der Waals surface area contributed by atoms with Gasteiger partial charge in [0.2, 0.25) is 0 Å². The van der Waals surface area contributed by atoms with E-state index in [2.05, 4.69) is 0 Å². The van der Waals surface area contributed by atoms with Crippen molar-refractivity contribution in [3.63, 3.8) is 0 Å². The molecule has 0 heterocycles. The minimum Gasteiger partial charge on any atom is -0.399 e. The fraction of sp³-hybridized carbons (Fsp3) is 0.500. The van der Waals surface area contributed by atoms with Crippen molar-refractivity contribution in [3.05, 3.63) is 23.8 Å². The van der Waals surface area contributed by atoms with Gasteiger partial charge in [-0.25, -0.2) is 0 Å². The number of nitrogens with two attached hydrogens (primary N) is 1. The zero-order valence-electron chi connectivity index (χ0n) is 10.4. The van der Waals surface area contributed by atoms with Gasteiger partial charge in [0.05, 0.1) is 12.2 Å². The molecule has 0 aliphatic heterocycles. The molecular weight excluding hydrogens is 245 g/mol. The first-order valence-electron chi connectivity index (χ1n) is 5.60. The number of methoxy groups -OCH3 is 1. The van der Waals surface area contributed by atoms with E-state index < -0.39 is 11.7 Å². The first kappa shape index (κ1) is 14.6. The van der Waals surface area contributed by atoms with Crippen LogP contribution in [-0.2, 0) is 10.9 Å². The number of likely N-dealkylation sites (N-methyl/N-ethyl adjacent to an activating group) is 1. The Kier molecular flexibility index (Phi) is 4.84. The zero-order valence-corrected chi connectivity index (χ0v) is 10.4. The van der Waals surface area contributed by atoms with Crippen molar-refractivity contribution in [2.24, 2.45) is 0 Å². The van der Waals surface area contributed by atoms with E-state index in [1.807, 2.05) is 0 Å². The summed E-state index contributed by atoms with van der Waals surface area (Å²) in [5, 5.41) is 0. The van der Waals surface area contributed by atoms with Crippen molar-refractivity contribution in [1.29, 1.82) is 0 Å². The highest BCUT2D eigenvalue weighted by Crippen LogP contribution is 2.37. The average molecular weight is 262 g/mol. The number of hydrogen-bond donors (Lipinski definition) is 1. The lowest BCUT2D eigenvalue weighted by Crippen LogP contribution is -2.29. The van der Waals surface area contributed by atoms with E-state index in [0.717, 1.165) is 6.07 Å². The summed E-state index contributed by atoms with van der Waals surface area (Å²) in [4.78, 5) is 1.62. The number of alkyl halides is 3. The number of ether oxygens (including phenoxy) is 1. The lowest BCUT2D eigenvalue weighted by atomic mass is 10.1. The molecule has 0 saturated carbocycles. The van der Waals surface area contributed by atoms with E-state index in [-0.39, 0.29) is 11.4 Å². The molecule has 1 aromatic carbocycles. The Morgan fingerprint density at radius 2 is 2.00 bits per heavy atom. The van der Waals surface area contributed by atoms with E-state index in [9.17, 15) is 13.2 Å². The molecular formula is C12H17F3N2O. The van der Waals surface area contributed by atoms with Gasteiger partial charge in [-0.1, -0.05) is 0 Å². The number of halogens is 3. The van der Waals surface area contributed by atoms with Gasteiger partial charge in [0.25, 0.3) is 0 Å². The highest BCUT2D eigenvalue weighted by Gasteiger charge is 2.34. The minimum absolute atomic E-state index is 0.105. The monoisotopic (exact) mass is 262 g/mol. The van der Waals surface area contributed by atoms with E-state index in [1.165, 1.54) is 19.2 Å². The molecule has 6 heteroatoms. The molecule has 2 N–H and O–H groups in total. The third-order valence-corrected chi connectivity index (χ3v) is 2.61. The molecule has 1 aromatic rings. The molecule has 0 bridgehead atoms. The second kappa shape index (κ2) is 5.95.